The van der Waals surface area contributed by atoms with Crippen LogP contribution in [-0.4, -0.2) is 54.5 Å². The summed E-state index contributed by atoms with van der Waals surface area (Å²) in [6.07, 6.45) is 5.98. The van der Waals surface area contributed by atoms with Gasteiger partial charge in [-0.25, -0.2) is 0 Å². The third-order valence-electron chi connectivity index (χ3n) is 4.37. The van der Waals surface area contributed by atoms with Crippen molar-refractivity contribution in [2.24, 2.45) is 5.92 Å². The maximum Gasteiger partial charge on any atom is 0.309 e. The van der Waals surface area contributed by atoms with Crippen LogP contribution >= 0.6 is 0 Å². The molecule has 25 heavy (non-hydrogen) atoms. The zero-order valence-corrected chi connectivity index (χ0v) is 15.8. The highest BCUT2D eigenvalue weighted by Gasteiger charge is 2.29. The van der Waals surface area contributed by atoms with E-state index in [0.717, 1.165) is 32.4 Å². The Hall–Kier alpha value is -2.03. The van der Waals surface area contributed by atoms with E-state index in [1.807, 2.05) is 0 Å². The Kier molecular flexibility index (Phi) is 9.68. The number of nitriles is 1. The Morgan fingerprint density at radius 3 is 2.40 bits per heavy atom. The number of carbonyl (C=O) groups excluding carboxylic acids is 2. The van der Waals surface area contributed by atoms with Crippen molar-refractivity contribution in [1.29, 1.82) is 5.26 Å². The van der Waals surface area contributed by atoms with Crippen LogP contribution in [0.2, 0.25) is 0 Å². The SMILES string of the molecule is CCCCN(/C=C(/C#N)C(=O)N1CCC(C(=O)OCC)CC1)CCC. The van der Waals surface area contributed by atoms with Gasteiger partial charge in [0.05, 0.1) is 12.5 Å². The van der Waals surface area contributed by atoms with Crippen molar-refractivity contribution in [2.75, 3.05) is 32.8 Å². The van der Waals surface area contributed by atoms with Crippen molar-refractivity contribution < 1.29 is 14.3 Å². The van der Waals surface area contributed by atoms with Crippen LogP contribution in [-0.2, 0) is 14.3 Å². The van der Waals surface area contributed by atoms with Gasteiger partial charge in [0, 0.05) is 32.4 Å². The predicted octanol–water partition coefficient (Wildman–Crippen LogP) is 2.71. The molecule has 1 fully saturated rings. The van der Waals surface area contributed by atoms with E-state index in [9.17, 15) is 14.9 Å². The Labute approximate surface area is 151 Å². The van der Waals surface area contributed by atoms with E-state index in [1.165, 1.54) is 0 Å². The molecular formula is C19H31N3O3. The fourth-order valence-electron chi connectivity index (χ4n) is 2.95. The smallest absolute Gasteiger partial charge is 0.309 e. The normalized spacial score (nSPS) is 15.6. The molecule has 0 saturated carbocycles. The van der Waals surface area contributed by atoms with Crippen LogP contribution in [0.4, 0.5) is 0 Å². The minimum atomic E-state index is -0.234. The first-order valence-corrected chi connectivity index (χ1v) is 9.39. The lowest BCUT2D eigenvalue weighted by molar-refractivity contribution is -0.150. The standard InChI is InChI=1S/C19H31N3O3/c1-4-7-11-21(10-5-2)15-17(14-20)18(23)22-12-8-16(9-13-22)19(24)25-6-3/h15-16H,4-13H2,1-3H3/b17-15-. The molecule has 0 unspecified atom stereocenters. The van der Waals surface area contributed by atoms with Crippen molar-refractivity contribution >= 4 is 11.9 Å². The zero-order chi connectivity index (χ0) is 18.7. The highest BCUT2D eigenvalue weighted by molar-refractivity contribution is 5.97. The lowest BCUT2D eigenvalue weighted by Gasteiger charge is -2.31. The van der Waals surface area contributed by atoms with Gasteiger partial charge in [0.25, 0.3) is 5.91 Å². The van der Waals surface area contributed by atoms with Crippen molar-refractivity contribution in [2.45, 2.75) is 52.9 Å². The van der Waals surface area contributed by atoms with E-state index in [-0.39, 0.29) is 23.4 Å². The highest BCUT2D eigenvalue weighted by Crippen LogP contribution is 2.20. The summed E-state index contributed by atoms with van der Waals surface area (Å²) in [5.41, 5.74) is 0.180. The van der Waals surface area contributed by atoms with Crippen LogP contribution in [0.25, 0.3) is 0 Å². The second-order valence-electron chi connectivity index (χ2n) is 6.36. The summed E-state index contributed by atoms with van der Waals surface area (Å²) in [6.45, 7) is 9.05. The molecule has 1 aliphatic heterocycles. The van der Waals surface area contributed by atoms with Gasteiger partial charge in [0.2, 0.25) is 0 Å². The van der Waals surface area contributed by atoms with Crippen LogP contribution < -0.4 is 0 Å². The molecule has 6 nitrogen and oxygen atoms in total. The number of piperidine rings is 1. The molecule has 1 heterocycles. The number of hydrogen-bond acceptors (Lipinski definition) is 5. The topological polar surface area (TPSA) is 73.6 Å². The third-order valence-corrected chi connectivity index (χ3v) is 4.37. The number of carbonyl (C=O) groups is 2. The molecule has 140 valence electrons. The number of hydrogen-bond donors (Lipinski definition) is 0. The second kappa shape index (κ2) is 11.5. The van der Waals surface area contributed by atoms with Gasteiger partial charge < -0.3 is 14.5 Å². The molecule has 0 aromatic heterocycles. The lowest BCUT2D eigenvalue weighted by Crippen LogP contribution is -2.41. The molecule has 1 amide bonds. The van der Waals surface area contributed by atoms with Gasteiger partial charge in [0.1, 0.15) is 11.6 Å². The minimum Gasteiger partial charge on any atom is -0.466 e. The molecule has 0 aromatic rings. The molecule has 1 aliphatic rings. The third kappa shape index (κ3) is 6.77. The summed E-state index contributed by atoms with van der Waals surface area (Å²) < 4.78 is 5.05. The molecule has 0 N–H and O–H groups in total. The average Bonchev–Trinajstić information content (AvgIpc) is 2.63. The maximum atomic E-state index is 12.6. The summed E-state index contributed by atoms with van der Waals surface area (Å²) >= 11 is 0. The van der Waals surface area contributed by atoms with Crippen LogP contribution in [0.3, 0.4) is 0 Å². The van der Waals surface area contributed by atoms with Gasteiger partial charge in [-0.1, -0.05) is 20.3 Å². The molecular weight excluding hydrogens is 318 g/mol. The molecule has 1 rings (SSSR count). The Morgan fingerprint density at radius 2 is 1.88 bits per heavy atom. The summed E-state index contributed by atoms with van der Waals surface area (Å²) in [7, 11) is 0. The van der Waals surface area contributed by atoms with Crippen LogP contribution in [0.15, 0.2) is 11.8 Å². The molecule has 0 aliphatic carbocycles. The molecule has 0 bridgehead atoms. The number of likely N-dealkylation sites (tertiary alicyclic amines) is 1. The fraction of sp³-hybridized carbons (Fsp3) is 0.737. The van der Waals surface area contributed by atoms with Crippen LogP contribution in [0, 0.1) is 17.2 Å². The summed E-state index contributed by atoms with van der Waals surface area (Å²) in [5.74, 6) is -0.554. The molecule has 0 spiro atoms. The van der Waals surface area contributed by atoms with Gasteiger partial charge in [-0.3, -0.25) is 9.59 Å². The molecule has 1 saturated heterocycles. The summed E-state index contributed by atoms with van der Waals surface area (Å²) in [5, 5.41) is 9.41. The highest BCUT2D eigenvalue weighted by atomic mass is 16.5. The first kappa shape index (κ1) is 21.0. The first-order valence-electron chi connectivity index (χ1n) is 9.39. The Morgan fingerprint density at radius 1 is 1.20 bits per heavy atom. The van der Waals surface area contributed by atoms with Gasteiger partial charge >= 0.3 is 5.97 Å². The predicted molar refractivity (Wildman–Crippen MR) is 96.4 cm³/mol. The van der Waals surface area contributed by atoms with Crippen molar-refractivity contribution in [1.82, 2.24) is 9.80 Å². The van der Waals surface area contributed by atoms with E-state index in [4.69, 9.17) is 4.74 Å². The van der Waals surface area contributed by atoms with E-state index in [0.29, 0.717) is 32.5 Å². The number of rotatable bonds is 9. The largest absolute Gasteiger partial charge is 0.466 e. The quantitative estimate of drug-likeness (QED) is 0.363. The summed E-state index contributed by atoms with van der Waals surface area (Å²) in [6, 6.07) is 2.06. The van der Waals surface area contributed by atoms with Gasteiger partial charge in [0.15, 0.2) is 0 Å². The van der Waals surface area contributed by atoms with E-state index < -0.39 is 0 Å². The fourth-order valence-corrected chi connectivity index (χ4v) is 2.95. The van der Waals surface area contributed by atoms with Crippen molar-refractivity contribution in [3.8, 4) is 6.07 Å². The molecule has 0 aromatic carbocycles. The van der Waals surface area contributed by atoms with Crippen LogP contribution in [0.5, 0.6) is 0 Å². The number of unbranched alkanes of at least 4 members (excludes halogenated alkanes) is 1. The number of ether oxygens (including phenoxy) is 1. The Bertz CT molecular complexity index is 503. The minimum absolute atomic E-state index is 0.139. The summed E-state index contributed by atoms with van der Waals surface area (Å²) in [4.78, 5) is 28.2. The van der Waals surface area contributed by atoms with Gasteiger partial charge in [-0.05, 0) is 32.6 Å². The number of esters is 1. The first-order chi connectivity index (χ1) is 12.1. The van der Waals surface area contributed by atoms with E-state index in [2.05, 4.69) is 24.8 Å². The van der Waals surface area contributed by atoms with Gasteiger partial charge in [-0.15, -0.1) is 0 Å². The van der Waals surface area contributed by atoms with Crippen molar-refractivity contribution in [3.05, 3.63) is 11.8 Å². The molecule has 0 atom stereocenters. The number of amides is 1. The molecule has 0 radical (unpaired) electrons. The van der Waals surface area contributed by atoms with Crippen LogP contribution in [0.1, 0.15) is 52.9 Å². The zero-order valence-electron chi connectivity index (χ0n) is 15.8. The number of nitrogens with zero attached hydrogens (tertiary/aromatic N) is 3. The maximum absolute atomic E-state index is 12.6. The van der Waals surface area contributed by atoms with Crippen molar-refractivity contribution in [3.63, 3.8) is 0 Å². The molecule has 6 heteroatoms. The lowest BCUT2D eigenvalue weighted by atomic mass is 9.96. The van der Waals surface area contributed by atoms with E-state index in [1.54, 1.807) is 18.0 Å². The average molecular weight is 349 g/mol. The second-order valence-corrected chi connectivity index (χ2v) is 6.36. The Balaban J connectivity index is 2.68. The van der Waals surface area contributed by atoms with Gasteiger partial charge in [-0.2, -0.15) is 5.26 Å². The monoisotopic (exact) mass is 349 g/mol. The van der Waals surface area contributed by atoms with E-state index >= 15 is 0 Å².